The molecule has 2 fully saturated rings. The molecule has 0 aromatic carbocycles. The molecule has 1 saturated carbocycles. The van der Waals surface area contributed by atoms with Gasteiger partial charge in [-0.1, -0.05) is 6.92 Å². The number of hydrogen-bond acceptors (Lipinski definition) is 5. The largest absolute Gasteiger partial charge is 0.493 e. The Labute approximate surface area is 180 Å². The molecule has 29 heavy (non-hydrogen) atoms. The van der Waals surface area contributed by atoms with Gasteiger partial charge in [0.15, 0.2) is 4.74 Å². The van der Waals surface area contributed by atoms with E-state index in [0.717, 1.165) is 37.0 Å². The first-order chi connectivity index (χ1) is 13.5. The molecule has 160 valence electrons. The molecule has 8 heteroatoms. The van der Waals surface area contributed by atoms with Gasteiger partial charge in [-0.05, 0) is 68.3 Å². The minimum absolute atomic E-state index is 0.0323. The molecule has 1 aliphatic heterocycles. The van der Waals surface area contributed by atoms with Crippen LogP contribution in [0.25, 0.3) is 0 Å². The Hall–Kier alpha value is -1.83. The third kappa shape index (κ3) is 5.62. The summed E-state index contributed by atoms with van der Waals surface area (Å²) in [5.41, 5.74) is 0.773. The minimum Gasteiger partial charge on any atom is -0.493 e. The summed E-state index contributed by atoms with van der Waals surface area (Å²) in [6.07, 6.45) is 5.52. The first kappa shape index (κ1) is 21.9. The third-order valence-corrected chi connectivity index (χ3v) is 5.89. The highest BCUT2D eigenvalue weighted by Crippen LogP contribution is 2.44. The van der Waals surface area contributed by atoms with Crippen molar-refractivity contribution in [1.82, 2.24) is 9.47 Å². The van der Waals surface area contributed by atoms with E-state index in [1.807, 2.05) is 27.0 Å². The van der Waals surface area contributed by atoms with Crippen LogP contribution < -0.4 is 10.2 Å². The molecule has 1 amide bonds. The zero-order valence-corrected chi connectivity index (χ0v) is 19.3. The number of halogens is 1. The second-order valence-corrected chi connectivity index (χ2v) is 10.2. The molecule has 1 aromatic rings. The van der Waals surface area contributed by atoms with Gasteiger partial charge in [-0.2, -0.15) is 0 Å². The number of carbonyl (C=O) groups is 1. The minimum atomic E-state index is -0.482. The quantitative estimate of drug-likeness (QED) is 0.507. The number of hydrogen-bond donors (Lipinski definition) is 2. The van der Waals surface area contributed by atoms with Crippen LogP contribution in [0.15, 0.2) is 12.3 Å². The van der Waals surface area contributed by atoms with Gasteiger partial charge in [-0.15, -0.1) is 0 Å². The van der Waals surface area contributed by atoms with E-state index < -0.39 is 5.60 Å². The zero-order chi connectivity index (χ0) is 21.4. The lowest BCUT2D eigenvalue weighted by atomic mass is 9.81. The number of rotatable bonds is 4. The van der Waals surface area contributed by atoms with Gasteiger partial charge < -0.3 is 14.4 Å². The highest BCUT2D eigenvalue weighted by molar-refractivity contribution is 9.18. The van der Waals surface area contributed by atoms with Gasteiger partial charge >= 0.3 is 6.09 Å². The van der Waals surface area contributed by atoms with Gasteiger partial charge in [-0.3, -0.25) is 15.4 Å². The monoisotopic (exact) mass is 466 g/mol. The van der Waals surface area contributed by atoms with Crippen LogP contribution in [-0.2, 0) is 4.74 Å². The van der Waals surface area contributed by atoms with Crippen LogP contribution in [0.4, 0.5) is 4.79 Å². The molecule has 0 unspecified atom stereocenters. The molecule has 1 saturated heterocycles. The maximum Gasteiger partial charge on any atom is 0.410 e. The molecule has 2 heterocycles. The fourth-order valence-electron chi connectivity index (χ4n) is 3.49. The van der Waals surface area contributed by atoms with Crippen LogP contribution in [0.2, 0.25) is 0 Å². The van der Waals surface area contributed by atoms with Crippen LogP contribution >= 0.6 is 15.9 Å². The third-order valence-electron chi connectivity index (χ3n) is 5.51. The predicted octanol–water partition coefficient (Wildman–Crippen LogP) is 4.44. The van der Waals surface area contributed by atoms with Crippen LogP contribution in [0.5, 0.6) is 5.75 Å². The topological polar surface area (TPSA) is 91.4 Å². The number of nitrogens with zero attached hydrogens (tertiary/aromatic N) is 2. The van der Waals surface area contributed by atoms with Crippen LogP contribution in [0.3, 0.4) is 0 Å². The fourth-order valence-corrected chi connectivity index (χ4v) is 3.78. The highest BCUT2D eigenvalue weighted by Gasteiger charge is 2.35. The number of carbonyl (C=O) groups excluding carboxylic acids is 1. The van der Waals surface area contributed by atoms with Crippen molar-refractivity contribution in [2.45, 2.75) is 64.9 Å². The molecule has 0 atom stereocenters. The Morgan fingerprint density at radius 2 is 1.93 bits per heavy atom. The van der Waals surface area contributed by atoms with Crippen molar-refractivity contribution < 1.29 is 14.3 Å². The number of aromatic nitrogens is 1. The standard InChI is InChI=1S/C21H31BrN4O3/c1-20(2,3)29-19(27)25-9-7-21(4,8-10-25)13-28-16-11-17(23)26(18(22)24)12-15(16)14-5-6-14/h11-12,14,23-24H,5-10,13H2,1-4H3. The van der Waals surface area contributed by atoms with Gasteiger partial charge in [-0.25, -0.2) is 4.79 Å². The molecule has 0 bridgehead atoms. The second-order valence-electron chi connectivity index (χ2n) is 9.48. The number of nitrogens with one attached hydrogen (secondary N) is 2. The van der Waals surface area contributed by atoms with E-state index in [1.54, 1.807) is 11.0 Å². The van der Waals surface area contributed by atoms with Crippen molar-refractivity contribution in [2.24, 2.45) is 5.41 Å². The van der Waals surface area contributed by atoms with Crippen molar-refractivity contribution in [2.75, 3.05) is 19.7 Å². The van der Waals surface area contributed by atoms with Crippen molar-refractivity contribution in [3.05, 3.63) is 23.3 Å². The lowest BCUT2D eigenvalue weighted by Gasteiger charge is -2.39. The average Bonchev–Trinajstić information content (AvgIpc) is 3.44. The Balaban J connectivity index is 1.63. The molecule has 2 N–H and O–H groups in total. The average molecular weight is 467 g/mol. The molecule has 0 radical (unpaired) electrons. The molecular formula is C21H31BrN4O3. The van der Waals surface area contributed by atoms with Crippen LogP contribution in [0, 0.1) is 16.2 Å². The summed E-state index contributed by atoms with van der Waals surface area (Å²) in [6.45, 7) is 9.69. The molecule has 1 aliphatic carbocycles. The van der Waals surface area contributed by atoms with E-state index in [-0.39, 0.29) is 21.7 Å². The first-order valence-electron chi connectivity index (χ1n) is 10.1. The summed E-state index contributed by atoms with van der Waals surface area (Å²) in [5.74, 6) is 1.20. The molecular weight excluding hydrogens is 436 g/mol. The van der Waals surface area contributed by atoms with Crippen molar-refractivity contribution in [3.63, 3.8) is 0 Å². The second kappa shape index (κ2) is 8.13. The number of pyridine rings is 1. The van der Waals surface area contributed by atoms with E-state index in [9.17, 15) is 4.79 Å². The van der Waals surface area contributed by atoms with Gasteiger partial charge in [0.05, 0.1) is 6.61 Å². The molecule has 7 nitrogen and oxygen atoms in total. The van der Waals surface area contributed by atoms with Gasteiger partial charge in [0.2, 0.25) is 0 Å². The van der Waals surface area contributed by atoms with Gasteiger partial charge in [0, 0.05) is 36.3 Å². The number of ether oxygens (including phenoxy) is 2. The summed E-state index contributed by atoms with van der Waals surface area (Å²) >= 11 is 3.15. The molecule has 1 aromatic heterocycles. The summed E-state index contributed by atoms with van der Waals surface area (Å²) in [4.78, 5) is 14.1. The summed E-state index contributed by atoms with van der Waals surface area (Å²) in [7, 11) is 0. The maximum atomic E-state index is 12.3. The van der Waals surface area contributed by atoms with Crippen LogP contribution in [-0.4, -0.2) is 45.6 Å². The Morgan fingerprint density at radius 3 is 2.45 bits per heavy atom. The number of likely N-dealkylation sites (tertiary alicyclic amines) is 1. The molecule has 3 rings (SSSR count). The van der Waals surface area contributed by atoms with Gasteiger partial charge in [0.25, 0.3) is 0 Å². The van der Waals surface area contributed by atoms with Crippen molar-refractivity contribution in [3.8, 4) is 5.75 Å². The first-order valence-corrected chi connectivity index (χ1v) is 10.9. The smallest absolute Gasteiger partial charge is 0.410 e. The van der Waals surface area contributed by atoms with Crippen molar-refractivity contribution >= 4 is 26.8 Å². The van der Waals surface area contributed by atoms with E-state index in [0.29, 0.717) is 25.6 Å². The molecule has 0 spiro atoms. The lowest BCUT2D eigenvalue weighted by molar-refractivity contribution is 0.00587. The zero-order valence-electron chi connectivity index (χ0n) is 17.7. The highest BCUT2D eigenvalue weighted by atomic mass is 79.9. The Morgan fingerprint density at radius 1 is 1.31 bits per heavy atom. The summed E-state index contributed by atoms with van der Waals surface area (Å²) in [6, 6.07) is 1.71. The van der Waals surface area contributed by atoms with E-state index in [1.165, 1.54) is 4.57 Å². The lowest BCUT2D eigenvalue weighted by Crippen LogP contribution is -2.46. The summed E-state index contributed by atoms with van der Waals surface area (Å²) < 4.78 is 13.4. The van der Waals surface area contributed by atoms with E-state index >= 15 is 0 Å². The number of piperidine rings is 1. The SMILES string of the molecule is CC1(COc2cc(=N)n(C(=N)Br)cc2C2CC2)CCN(C(=O)OC(C)(C)C)CC1. The van der Waals surface area contributed by atoms with E-state index in [4.69, 9.17) is 20.3 Å². The van der Waals surface area contributed by atoms with Gasteiger partial charge in [0.1, 0.15) is 16.8 Å². The molecule has 2 aliphatic rings. The normalized spacial score (nSPS) is 19.0. The number of amides is 1. The van der Waals surface area contributed by atoms with Crippen LogP contribution in [0.1, 0.15) is 64.9 Å². The maximum absolute atomic E-state index is 12.3. The Kier molecular flexibility index (Phi) is 6.13. The van der Waals surface area contributed by atoms with E-state index in [2.05, 4.69) is 22.9 Å². The van der Waals surface area contributed by atoms with Crippen molar-refractivity contribution in [1.29, 1.82) is 10.8 Å². The Bertz CT molecular complexity index is 846. The predicted molar refractivity (Wildman–Crippen MR) is 115 cm³/mol. The summed E-state index contributed by atoms with van der Waals surface area (Å²) in [5, 5.41) is 16.0. The fraction of sp³-hybridized carbons (Fsp3) is 0.667.